The topological polar surface area (TPSA) is 116 Å². The van der Waals surface area contributed by atoms with Crippen LogP contribution >= 0.6 is 22.7 Å². The quantitative estimate of drug-likeness (QED) is 0.118. The van der Waals surface area contributed by atoms with Crippen LogP contribution in [0.1, 0.15) is 0 Å². The molecule has 9 nitrogen and oxygen atoms in total. The average Bonchev–Trinajstić information content (AvgIpc) is 1.58. The van der Waals surface area contributed by atoms with E-state index in [0.29, 0.717) is 34.9 Å². The van der Waals surface area contributed by atoms with Crippen molar-refractivity contribution in [1.82, 2.24) is 44.9 Å². The molecule has 0 saturated heterocycles. The van der Waals surface area contributed by atoms with Crippen molar-refractivity contribution in [3.63, 3.8) is 0 Å². The van der Waals surface area contributed by atoms with E-state index in [1.165, 1.54) is 20.2 Å². The van der Waals surface area contributed by atoms with Gasteiger partial charge in [-0.1, -0.05) is 291 Å². The van der Waals surface area contributed by atoms with Gasteiger partial charge in [-0.2, -0.15) is 0 Å². The van der Waals surface area contributed by atoms with E-state index in [1.54, 1.807) is 22.7 Å². The molecule has 0 aliphatic heterocycles. The van der Waals surface area contributed by atoms with Crippen molar-refractivity contribution in [1.29, 1.82) is 0 Å². The molecule has 0 amide bonds. The summed E-state index contributed by atoms with van der Waals surface area (Å²) in [5.41, 5.74) is 17.9. The molecule has 0 spiro atoms. The molecule has 0 radical (unpaired) electrons. The van der Waals surface area contributed by atoms with Gasteiger partial charge in [-0.25, -0.2) is 44.9 Å². The Labute approximate surface area is 573 Å². The van der Waals surface area contributed by atoms with Gasteiger partial charge in [0.25, 0.3) is 0 Å². The zero-order chi connectivity index (χ0) is 65.1. The summed E-state index contributed by atoms with van der Waals surface area (Å²) in [6, 6.07) is 114. The average molecular weight is 1290 g/mol. The molecule has 0 unspecified atom stereocenters. The first-order valence-electron chi connectivity index (χ1n) is 32.3. The van der Waals surface area contributed by atoms with Crippen molar-refractivity contribution >= 4 is 63.3 Å². The highest BCUT2D eigenvalue weighted by molar-refractivity contribution is 7.26. The summed E-state index contributed by atoms with van der Waals surface area (Å²) in [5, 5.41) is 4.58. The number of fused-ring (bicyclic) bond motifs is 6. The van der Waals surface area contributed by atoms with E-state index in [0.717, 1.165) is 121 Å². The largest absolute Gasteiger partial charge is 0.228 e. The molecular formula is C87H55N9S2. The summed E-state index contributed by atoms with van der Waals surface area (Å²) >= 11 is 3.42. The van der Waals surface area contributed by atoms with E-state index in [2.05, 4.69) is 224 Å². The van der Waals surface area contributed by atoms with Crippen molar-refractivity contribution in [2.75, 3.05) is 0 Å². The van der Waals surface area contributed by atoms with Crippen LogP contribution in [0.2, 0.25) is 0 Å². The van der Waals surface area contributed by atoms with Crippen molar-refractivity contribution in [3.05, 3.63) is 334 Å². The van der Waals surface area contributed by atoms with Gasteiger partial charge in [-0.15, -0.1) is 22.7 Å². The zero-order valence-corrected chi connectivity index (χ0v) is 54.2. The van der Waals surface area contributed by atoms with Gasteiger partial charge in [0.15, 0.2) is 34.9 Å². The maximum absolute atomic E-state index is 5.22. The van der Waals surface area contributed by atoms with Crippen molar-refractivity contribution < 1.29 is 0 Å². The molecule has 0 atom stereocenters. The van der Waals surface area contributed by atoms with Crippen LogP contribution < -0.4 is 0 Å². The second kappa shape index (κ2) is 26.3. The molecule has 0 aliphatic carbocycles. The summed E-state index contributed by atoms with van der Waals surface area (Å²) in [7, 11) is 0. The van der Waals surface area contributed by atoms with Crippen molar-refractivity contribution in [2.24, 2.45) is 0 Å². The number of benzene rings is 12. The van der Waals surface area contributed by atoms with Gasteiger partial charge < -0.3 is 0 Å². The third-order valence-electron chi connectivity index (χ3n) is 17.3. The summed E-state index contributed by atoms with van der Waals surface area (Å²) in [6.07, 6.45) is 0. The Morgan fingerprint density at radius 2 is 0.439 bits per heavy atom. The maximum atomic E-state index is 5.22. The summed E-state index contributed by atoms with van der Waals surface area (Å²) in [6.45, 7) is 0. The lowest BCUT2D eigenvalue weighted by Crippen LogP contribution is -2.00. The fourth-order valence-corrected chi connectivity index (χ4v) is 14.6. The standard InChI is InChI=1S/C44H28N4S.C43H27N5S/c1-4-14-29(15-5-1)37-28-38(46-42(45-37)31-18-8-3-9-19-31)34-22-12-20-32(26-34)33-21-13-23-35(27-33)43-47-41(30-16-6-2-7-17-30)40-36-24-10-11-25-39(36)49-44(40)48-43;1-4-14-28(15-5-1)38-37-35-24-10-11-25-36(35)49-43(37)48-41(44-38)33-22-12-20-31(26-33)32-21-13-23-34(27-32)42-46-39(29-16-6-2-7-17-29)45-40(47-42)30-18-8-3-9-19-30/h1-28H;1-27H. The Morgan fingerprint density at radius 1 is 0.173 bits per heavy atom. The van der Waals surface area contributed by atoms with Crippen LogP contribution in [0.15, 0.2) is 334 Å². The fourth-order valence-electron chi connectivity index (χ4n) is 12.5. The van der Waals surface area contributed by atoms with Gasteiger partial charge in [0.1, 0.15) is 9.66 Å². The molecular weight excluding hydrogens is 1240 g/mol. The Hall–Kier alpha value is -12.7. The lowest BCUT2D eigenvalue weighted by atomic mass is 9.99. The van der Waals surface area contributed by atoms with Gasteiger partial charge >= 0.3 is 0 Å². The molecule has 18 rings (SSSR count). The van der Waals surface area contributed by atoms with Crippen LogP contribution in [0, 0.1) is 0 Å². The van der Waals surface area contributed by atoms with E-state index in [4.69, 9.17) is 44.9 Å². The lowest BCUT2D eigenvalue weighted by Gasteiger charge is -2.11. The molecule has 12 aromatic carbocycles. The molecule has 0 bridgehead atoms. The van der Waals surface area contributed by atoms with E-state index in [1.807, 2.05) is 109 Å². The molecule has 6 aromatic heterocycles. The Morgan fingerprint density at radius 3 is 0.827 bits per heavy atom. The highest BCUT2D eigenvalue weighted by atomic mass is 32.1. The van der Waals surface area contributed by atoms with E-state index < -0.39 is 0 Å². The van der Waals surface area contributed by atoms with Gasteiger partial charge in [-0.05, 0) is 64.7 Å². The second-order valence-corrected chi connectivity index (χ2v) is 25.7. The predicted octanol–water partition coefficient (Wildman–Crippen LogP) is 22.7. The Bertz CT molecular complexity index is 5450. The summed E-state index contributed by atoms with van der Waals surface area (Å²) in [4.78, 5) is 47.4. The first-order chi connectivity index (χ1) is 48.5. The van der Waals surface area contributed by atoms with Crippen LogP contribution in [0.3, 0.4) is 0 Å². The number of thiophene rings is 2. The SMILES string of the molecule is c1ccc(-c2cc(-c3cccc(-c4cccc(-c5nc(-c6ccccc6)c6c(n5)sc5ccccc56)c4)c3)nc(-c3ccccc3)n2)cc1.c1ccc(-c2nc(-c3ccccc3)nc(-c3cccc(-c4cccc(-c5nc(-c6ccccc6)c6c(n5)sc5ccccc56)c4)c3)n2)cc1. The highest BCUT2D eigenvalue weighted by Crippen LogP contribution is 2.43. The number of aromatic nitrogens is 9. The van der Waals surface area contributed by atoms with Crippen LogP contribution in [0.5, 0.6) is 0 Å². The molecule has 18 aromatic rings. The molecule has 11 heteroatoms. The summed E-state index contributed by atoms with van der Waals surface area (Å²) < 4.78 is 2.41. The minimum atomic E-state index is 0.622. The van der Waals surface area contributed by atoms with E-state index in [9.17, 15) is 0 Å². The molecule has 98 heavy (non-hydrogen) atoms. The van der Waals surface area contributed by atoms with Crippen LogP contribution in [0.25, 0.3) is 176 Å². The number of hydrogen-bond acceptors (Lipinski definition) is 11. The minimum absolute atomic E-state index is 0.622. The zero-order valence-electron chi connectivity index (χ0n) is 52.6. The Balaban J connectivity index is 0.000000147. The predicted molar refractivity (Wildman–Crippen MR) is 404 cm³/mol. The normalized spacial score (nSPS) is 11.3. The van der Waals surface area contributed by atoms with E-state index >= 15 is 0 Å². The maximum Gasteiger partial charge on any atom is 0.164 e. The molecule has 6 heterocycles. The lowest BCUT2D eigenvalue weighted by molar-refractivity contribution is 1.07. The number of hydrogen-bond donors (Lipinski definition) is 0. The monoisotopic (exact) mass is 1290 g/mol. The number of nitrogens with zero attached hydrogens (tertiary/aromatic N) is 9. The highest BCUT2D eigenvalue weighted by Gasteiger charge is 2.21. The fraction of sp³-hybridized carbons (Fsp3) is 0. The van der Waals surface area contributed by atoms with Gasteiger partial charge in [0.05, 0.1) is 22.8 Å². The molecule has 0 aliphatic rings. The summed E-state index contributed by atoms with van der Waals surface area (Å²) in [5.74, 6) is 4.02. The van der Waals surface area contributed by atoms with Crippen molar-refractivity contribution in [2.45, 2.75) is 0 Å². The third-order valence-corrected chi connectivity index (χ3v) is 19.4. The Kier molecular flexibility index (Phi) is 15.8. The first kappa shape index (κ1) is 59.1. The first-order valence-corrected chi connectivity index (χ1v) is 34.0. The third kappa shape index (κ3) is 12.0. The smallest absolute Gasteiger partial charge is 0.164 e. The van der Waals surface area contributed by atoms with Gasteiger partial charge in [-0.3, -0.25) is 0 Å². The minimum Gasteiger partial charge on any atom is -0.228 e. The molecule has 460 valence electrons. The van der Waals surface area contributed by atoms with Crippen LogP contribution in [-0.4, -0.2) is 44.9 Å². The molecule has 0 fully saturated rings. The van der Waals surface area contributed by atoms with E-state index in [-0.39, 0.29) is 0 Å². The van der Waals surface area contributed by atoms with Gasteiger partial charge in [0.2, 0.25) is 0 Å². The van der Waals surface area contributed by atoms with Gasteiger partial charge in [0, 0.05) is 86.6 Å². The van der Waals surface area contributed by atoms with Crippen molar-refractivity contribution in [3.8, 4) is 136 Å². The molecule has 0 N–H and O–H groups in total. The second-order valence-electron chi connectivity index (χ2n) is 23.6. The molecule has 0 saturated carbocycles. The number of rotatable bonds is 12. The van der Waals surface area contributed by atoms with Crippen LogP contribution in [0.4, 0.5) is 0 Å². The van der Waals surface area contributed by atoms with Crippen LogP contribution in [-0.2, 0) is 0 Å².